The molecule has 1 saturated carbocycles. The second-order valence-corrected chi connectivity index (χ2v) is 8.98. The van der Waals surface area contributed by atoms with Crippen molar-refractivity contribution in [2.24, 2.45) is 7.05 Å². The molecule has 2 fully saturated rings. The maximum atomic E-state index is 12.8. The number of carbonyl (C=O) groups is 1. The minimum atomic E-state index is -0.352. The summed E-state index contributed by atoms with van der Waals surface area (Å²) < 4.78 is 15.4. The number of anilines is 1. The van der Waals surface area contributed by atoms with Gasteiger partial charge in [-0.05, 0) is 40.0 Å². The van der Waals surface area contributed by atoms with Gasteiger partial charge in [-0.2, -0.15) is 5.10 Å². The van der Waals surface area contributed by atoms with Gasteiger partial charge in [0.1, 0.15) is 5.69 Å². The van der Waals surface area contributed by atoms with E-state index in [2.05, 4.69) is 22.3 Å². The van der Waals surface area contributed by atoms with Gasteiger partial charge in [-0.1, -0.05) is 0 Å². The Labute approximate surface area is 174 Å². The number of hydrogen-bond donors (Lipinski definition) is 1. The van der Waals surface area contributed by atoms with Gasteiger partial charge in [0.15, 0.2) is 5.82 Å². The van der Waals surface area contributed by atoms with Crippen molar-refractivity contribution in [3.63, 3.8) is 0 Å². The molecule has 1 N–H and O–H groups in total. The second kappa shape index (κ2) is 6.53. The smallest absolute Gasteiger partial charge is 0.277 e. The van der Waals surface area contributed by atoms with Crippen molar-refractivity contribution in [3.8, 4) is 5.88 Å². The SMILES string of the molecule is CC(C)Oc1nc(C(=O)Nc2ccn(C)n2)cn2cc([C@@]34CC[C@@](C)(C3)OC4)nc12. The van der Waals surface area contributed by atoms with Crippen LogP contribution in [0.3, 0.4) is 0 Å². The molecule has 1 saturated heterocycles. The Bertz CT molecular complexity index is 1120. The number of fused-ring (bicyclic) bond motifs is 3. The largest absolute Gasteiger partial charge is 0.472 e. The first-order valence-electron chi connectivity index (χ1n) is 10.3. The molecule has 3 aromatic heterocycles. The van der Waals surface area contributed by atoms with Crippen LogP contribution >= 0.6 is 0 Å². The van der Waals surface area contributed by atoms with Crippen LogP contribution in [0.4, 0.5) is 5.82 Å². The molecule has 5 rings (SSSR count). The Morgan fingerprint density at radius 1 is 1.30 bits per heavy atom. The fraction of sp³-hybridized carbons (Fsp3) is 0.524. The minimum absolute atomic E-state index is 0.0565. The molecule has 158 valence electrons. The van der Waals surface area contributed by atoms with E-state index >= 15 is 0 Å². The molecule has 30 heavy (non-hydrogen) atoms. The van der Waals surface area contributed by atoms with Crippen molar-refractivity contribution in [1.29, 1.82) is 0 Å². The molecule has 2 bridgehead atoms. The van der Waals surface area contributed by atoms with Crippen molar-refractivity contribution in [1.82, 2.24) is 24.1 Å². The molecule has 0 spiro atoms. The molecule has 1 amide bonds. The molecule has 2 aliphatic rings. The Morgan fingerprint density at radius 2 is 2.13 bits per heavy atom. The van der Waals surface area contributed by atoms with Crippen LogP contribution in [-0.4, -0.2) is 48.4 Å². The van der Waals surface area contributed by atoms with E-state index in [0.717, 1.165) is 25.0 Å². The van der Waals surface area contributed by atoms with E-state index in [1.807, 2.05) is 24.4 Å². The van der Waals surface area contributed by atoms with Gasteiger partial charge in [-0.3, -0.25) is 13.9 Å². The molecular formula is C21H26N6O3. The van der Waals surface area contributed by atoms with Crippen LogP contribution in [-0.2, 0) is 17.2 Å². The van der Waals surface area contributed by atoms with Crippen LogP contribution in [0.1, 0.15) is 56.2 Å². The number of nitrogens with one attached hydrogen (secondary N) is 1. The number of amides is 1. The van der Waals surface area contributed by atoms with Gasteiger partial charge in [0.05, 0.1) is 24.0 Å². The van der Waals surface area contributed by atoms with E-state index in [0.29, 0.717) is 24.0 Å². The molecule has 1 aliphatic heterocycles. The summed E-state index contributed by atoms with van der Waals surface area (Å²) in [5.74, 6) is 0.463. The summed E-state index contributed by atoms with van der Waals surface area (Å²) in [6, 6.07) is 1.73. The van der Waals surface area contributed by atoms with Crippen LogP contribution in [0.15, 0.2) is 24.7 Å². The highest BCUT2D eigenvalue weighted by Gasteiger charge is 2.55. The van der Waals surface area contributed by atoms with Gasteiger partial charge >= 0.3 is 0 Å². The Morgan fingerprint density at radius 3 is 2.73 bits per heavy atom. The lowest BCUT2D eigenvalue weighted by atomic mass is 9.84. The zero-order chi connectivity index (χ0) is 21.1. The molecule has 9 nitrogen and oxygen atoms in total. The highest BCUT2D eigenvalue weighted by Crippen LogP contribution is 2.53. The highest BCUT2D eigenvalue weighted by molar-refractivity contribution is 6.02. The topological polar surface area (TPSA) is 95.6 Å². The van der Waals surface area contributed by atoms with E-state index < -0.39 is 0 Å². The molecule has 0 unspecified atom stereocenters. The number of aryl methyl sites for hydroxylation is 1. The van der Waals surface area contributed by atoms with E-state index in [1.165, 1.54) is 0 Å². The first-order chi connectivity index (χ1) is 14.3. The first-order valence-corrected chi connectivity index (χ1v) is 10.3. The van der Waals surface area contributed by atoms with Gasteiger partial charge in [0, 0.05) is 37.1 Å². The fourth-order valence-electron chi connectivity index (χ4n) is 4.55. The number of imidazole rings is 1. The third-order valence-electron chi connectivity index (χ3n) is 6.03. The van der Waals surface area contributed by atoms with E-state index in [1.54, 1.807) is 30.2 Å². The lowest BCUT2D eigenvalue weighted by Gasteiger charge is -2.24. The van der Waals surface area contributed by atoms with Crippen LogP contribution in [0.2, 0.25) is 0 Å². The monoisotopic (exact) mass is 410 g/mol. The number of aromatic nitrogens is 5. The Hall–Kier alpha value is -2.94. The average Bonchev–Trinajstić information content (AvgIpc) is 3.43. The number of carbonyl (C=O) groups excluding carboxylic acids is 1. The standard InChI is InChI=1S/C21H26N6O3/c1-13(2)30-19-17-23-15(21-7-6-20(3,11-21)29-12-21)10-27(17)9-14(22-19)18(28)24-16-5-8-26(4)25-16/h5,8-10,13H,6-7,11-12H2,1-4H3,(H,24,25,28)/t20-,21-/m0/s1. The molecule has 3 aromatic rings. The Kier molecular flexibility index (Phi) is 4.15. The maximum absolute atomic E-state index is 12.8. The quantitative estimate of drug-likeness (QED) is 0.695. The third-order valence-corrected chi connectivity index (χ3v) is 6.03. The summed E-state index contributed by atoms with van der Waals surface area (Å²) in [6.07, 6.45) is 8.39. The summed E-state index contributed by atoms with van der Waals surface area (Å²) in [4.78, 5) is 22.2. The summed E-state index contributed by atoms with van der Waals surface area (Å²) >= 11 is 0. The van der Waals surface area contributed by atoms with Crippen LogP contribution in [0.5, 0.6) is 5.88 Å². The molecule has 4 heterocycles. The van der Waals surface area contributed by atoms with Crippen LogP contribution in [0, 0.1) is 0 Å². The van der Waals surface area contributed by atoms with Gasteiger partial charge in [0.25, 0.3) is 11.8 Å². The predicted molar refractivity (Wildman–Crippen MR) is 110 cm³/mol. The Balaban J connectivity index is 1.54. The summed E-state index contributed by atoms with van der Waals surface area (Å²) in [7, 11) is 1.79. The summed E-state index contributed by atoms with van der Waals surface area (Å²) in [6.45, 7) is 6.70. The van der Waals surface area contributed by atoms with E-state index in [4.69, 9.17) is 14.5 Å². The second-order valence-electron chi connectivity index (χ2n) is 8.98. The van der Waals surface area contributed by atoms with Crippen molar-refractivity contribution in [3.05, 3.63) is 36.0 Å². The minimum Gasteiger partial charge on any atom is -0.472 e. The zero-order valence-electron chi connectivity index (χ0n) is 17.7. The van der Waals surface area contributed by atoms with Gasteiger partial charge in [-0.25, -0.2) is 9.97 Å². The maximum Gasteiger partial charge on any atom is 0.277 e. The summed E-state index contributed by atoms with van der Waals surface area (Å²) in [5, 5.41) is 6.96. The first kappa shape index (κ1) is 19.0. The number of rotatable bonds is 5. The van der Waals surface area contributed by atoms with Crippen molar-refractivity contribution in [2.45, 2.75) is 57.2 Å². The van der Waals surface area contributed by atoms with E-state index in [9.17, 15) is 4.79 Å². The number of nitrogens with zero attached hydrogens (tertiary/aromatic N) is 5. The summed E-state index contributed by atoms with van der Waals surface area (Å²) in [5.41, 5.74) is 1.69. The van der Waals surface area contributed by atoms with Gasteiger partial charge < -0.3 is 14.8 Å². The van der Waals surface area contributed by atoms with Gasteiger partial charge in [-0.15, -0.1) is 0 Å². The lowest BCUT2D eigenvalue weighted by molar-refractivity contribution is -0.00627. The fourth-order valence-corrected chi connectivity index (χ4v) is 4.55. The molecule has 0 aromatic carbocycles. The molecule has 0 radical (unpaired) electrons. The number of hydrogen-bond acceptors (Lipinski definition) is 6. The van der Waals surface area contributed by atoms with Gasteiger partial charge in [0.2, 0.25) is 5.65 Å². The van der Waals surface area contributed by atoms with Crippen LogP contribution in [0.25, 0.3) is 5.65 Å². The van der Waals surface area contributed by atoms with Crippen molar-refractivity contribution >= 4 is 17.4 Å². The molecule has 9 heteroatoms. The molecule has 1 aliphatic carbocycles. The molecular weight excluding hydrogens is 384 g/mol. The van der Waals surface area contributed by atoms with Crippen molar-refractivity contribution < 1.29 is 14.3 Å². The van der Waals surface area contributed by atoms with Crippen LogP contribution < -0.4 is 10.1 Å². The lowest BCUT2D eigenvalue weighted by Crippen LogP contribution is -2.26. The average molecular weight is 410 g/mol. The number of ether oxygens (including phenoxy) is 2. The van der Waals surface area contributed by atoms with E-state index in [-0.39, 0.29) is 28.7 Å². The predicted octanol–water partition coefficient (Wildman–Crippen LogP) is 2.71. The highest BCUT2D eigenvalue weighted by atomic mass is 16.5. The normalized spacial score (nSPS) is 25.4. The third kappa shape index (κ3) is 3.13. The molecule has 2 atom stereocenters. The van der Waals surface area contributed by atoms with Crippen molar-refractivity contribution in [2.75, 3.05) is 11.9 Å². The zero-order valence-corrected chi connectivity index (χ0v) is 17.7.